The van der Waals surface area contributed by atoms with Gasteiger partial charge in [0.25, 0.3) is 0 Å². The van der Waals surface area contributed by atoms with Gasteiger partial charge in [0.1, 0.15) is 5.82 Å². The molecule has 1 atom stereocenters. The maximum atomic E-state index is 12.9. The molecule has 148 valence electrons. The van der Waals surface area contributed by atoms with Crippen LogP contribution in [0.25, 0.3) is 0 Å². The summed E-state index contributed by atoms with van der Waals surface area (Å²) < 4.78 is 12.9. The van der Waals surface area contributed by atoms with Gasteiger partial charge in [-0.3, -0.25) is 9.79 Å². The van der Waals surface area contributed by atoms with E-state index in [0.717, 1.165) is 19.5 Å². The van der Waals surface area contributed by atoms with Crippen molar-refractivity contribution in [1.82, 2.24) is 10.6 Å². The smallest absolute Gasteiger partial charge is 0.243 e. The zero-order chi connectivity index (χ0) is 19.9. The Morgan fingerprint density at radius 2 is 1.89 bits per heavy atom. The number of hydrogen-bond acceptors (Lipinski definition) is 3. The van der Waals surface area contributed by atoms with Crippen LogP contribution >= 0.6 is 0 Å². The topological polar surface area (TPSA) is 68.8 Å². The third-order valence-corrected chi connectivity index (χ3v) is 4.70. The van der Waals surface area contributed by atoms with Crippen LogP contribution in [0.5, 0.6) is 0 Å². The number of carbonyl (C=O) groups excluding carboxylic acids is 1. The molecule has 0 aromatic heterocycles. The van der Waals surface area contributed by atoms with E-state index in [9.17, 15) is 9.18 Å². The minimum atomic E-state index is -0.336. The van der Waals surface area contributed by atoms with E-state index >= 15 is 0 Å². The van der Waals surface area contributed by atoms with E-state index in [1.807, 2.05) is 0 Å². The van der Waals surface area contributed by atoms with Crippen LogP contribution in [-0.2, 0) is 4.79 Å². The third-order valence-electron chi connectivity index (χ3n) is 4.70. The van der Waals surface area contributed by atoms with E-state index in [1.54, 1.807) is 7.05 Å². The fourth-order valence-corrected chi connectivity index (χ4v) is 3.16. The summed E-state index contributed by atoms with van der Waals surface area (Å²) in [6, 6.07) is 14.5. The molecule has 3 rings (SSSR count). The van der Waals surface area contributed by atoms with Gasteiger partial charge in [-0.2, -0.15) is 0 Å². The highest BCUT2D eigenvalue weighted by molar-refractivity contribution is 5.95. The Kier molecular flexibility index (Phi) is 6.47. The third kappa shape index (κ3) is 5.45. The summed E-state index contributed by atoms with van der Waals surface area (Å²) in [7, 11) is 1.68. The first kappa shape index (κ1) is 19.7. The number of nitrogens with one attached hydrogen (secondary N) is 3. The fraction of sp³-hybridized carbons (Fsp3) is 0.333. The van der Waals surface area contributed by atoms with Gasteiger partial charge in [0.15, 0.2) is 5.96 Å². The molecule has 6 nitrogen and oxygen atoms in total. The number of guanidine groups is 1. The van der Waals surface area contributed by atoms with Crippen molar-refractivity contribution in [3.05, 3.63) is 59.9 Å². The molecule has 7 heteroatoms. The summed E-state index contributed by atoms with van der Waals surface area (Å²) in [6.45, 7) is 4.01. The quantitative estimate of drug-likeness (QED) is 0.548. The van der Waals surface area contributed by atoms with Gasteiger partial charge < -0.3 is 20.9 Å². The lowest BCUT2D eigenvalue weighted by molar-refractivity contribution is -0.115. The molecule has 1 aliphatic heterocycles. The van der Waals surface area contributed by atoms with Crippen molar-refractivity contribution in [2.24, 2.45) is 4.99 Å². The van der Waals surface area contributed by atoms with Crippen LogP contribution in [0.2, 0.25) is 0 Å². The number of amides is 1. The number of nitrogens with zero attached hydrogens (tertiary/aromatic N) is 2. The average Bonchev–Trinajstić information content (AvgIpc) is 3.16. The monoisotopic (exact) mass is 383 g/mol. The second kappa shape index (κ2) is 9.21. The standard InChI is InChI=1S/C21H26FN5O/c1-15-3-9-19(10-4-15)27-12-11-18(14-27)26-21(23-2)24-13-20(28)25-17-7-5-16(22)6-8-17/h3-10,18H,11-14H2,1-2H3,(H,25,28)(H2,23,24,26). The van der Waals surface area contributed by atoms with Crippen LogP contribution in [-0.4, -0.2) is 44.6 Å². The summed E-state index contributed by atoms with van der Waals surface area (Å²) in [5, 5.41) is 9.11. The second-order valence-electron chi connectivity index (χ2n) is 6.89. The second-order valence-corrected chi connectivity index (χ2v) is 6.89. The van der Waals surface area contributed by atoms with E-state index in [-0.39, 0.29) is 24.3 Å². The number of aryl methyl sites for hydroxylation is 1. The molecule has 0 aliphatic carbocycles. The normalized spacial score (nSPS) is 16.8. The molecule has 1 heterocycles. The summed E-state index contributed by atoms with van der Waals surface area (Å²) >= 11 is 0. The highest BCUT2D eigenvalue weighted by atomic mass is 19.1. The van der Waals surface area contributed by atoms with Gasteiger partial charge >= 0.3 is 0 Å². The summed E-state index contributed by atoms with van der Waals surface area (Å²) in [4.78, 5) is 18.6. The van der Waals surface area contributed by atoms with Gasteiger partial charge in [-0.15, -0.1) is 0 Å². The Balaban J connectivity index is 1.45. The van der Waals surface area contributed by atoms with Crippen molar-refractivity contribution < 1.29 is 9.18 Å². The minimum absolute atomic E-state index is 0.0748. The molecular formula is C21H26FN5O. The highest BCUT2D eigenvalue weighted by Gasteiger charge is 2.23. The molecule has 0 bridgehead atoms. The van der Waals surface area contributed by atoms with Crippen LogP contribution in [0.4, 0.5) is 15.8 Å². The minimum Gasteiger partial charge on any atom is -0.369 e. The largest absolute Gasteiger partial charge is 0.369 e. The molecule has 0 saturated carbocycles. The Morgan fingerprint density at radius 1 is 1.18 bits per heavy atom. The molecule has 1 unspecified atom stereocenters. The molecule has 0 spiro atoms. The van der Waals surface area contributed by atoms with Gasteiger partial charge in [0.05, 0.1) is 6.54 Å². The van der Waals surface area contributed by atoms with Crippen molar-refractivity contribution in [3.63, 3.8) is 0 Å². The van der Waals surface area contributed by atoms with Gasteiger partial charge in [0, 0.05) is 37.6 Å². The molecule has 2 aromatic rings. The summed E-state index contributed by atoms with van der Waals surface area (Å²) in [6.07, 6.45) is 0.996. The number of benzene rings is 2. The number of halogens is 1. The molecule has 28 heavy (non-hydrogen) atoms. The molecule has 1 fully saturated rings. The van der Waals surface area contributed by atoms with Gasteiger partial charge in [-0.1, -0.05) is 17.7 Å². The van der Waals surface area contributed by atoms with Gasteiger partial charge in [0.2, 0.25) is 5.91 Å². The van der Waals surface area contributed by atoms with Crippen molar-refractivity contribution in [1.29, 1.82) is 0 Å². The number of carbonyl (C=O) groups is 1. The maximum absolute atomic E-state index is 12.9. The number of hydrogen-bond donors (Lipinski definition) is 3. The Hall–Kier alpha value is -3.09. The first-order valence-electron chi connectivity index (χ1n) is 9.38. The zero-order valence-corrected chi connectivity index (χ0v) is 16.2. The van der Waals surface area contributed by atoms with E-state index < -0.39 is 0 Å². The van der Waals surface area contributed by atoms with E-state index in [2.05, 4.69) is 57.0 Å². The number of anilines is 2. The molecule has 1 saturated heterocycles. The van der Waals surface area contributed by atoms with Crippen molar-refractivity contribution in [2.75, 3.05) is 36.9 Å². The van der Waals surface area contributed by atoms with E-state index in [4.69, 9.17) is 0 Å². The van der Waals surface area contributed by atoms with Crippen molar-refractivity contribution >= 4 is 23.2 Å². The molecule has 1 aliphatic rings. The molecule has 1 amide bonds. The maximum Gasteiger partial charge on any atom is 0.243 e. The summed E-state index contributed by atoms with van der Waals surface area (Å²) in [5.74, 6) is 0.0317. The Labute approximate surface area is 164 Å². The van der Waals surface area contributed by atoms with Gasteiger partial charge in [-0.25, -0.2) is 4.39 Å². The van der Waals surface area contributed by atoms with Crippen LogP contribution in [0.1, 0.15) is 12.0 Å². The Bertz CT molecular complexity index is 820. The molecule has 2 aromatic carbocycles. The molecular weight excluding hydrogens is 357 g/mol. The molecule has 3 N–H and O–H groups in total. The van der Waals surface area contributed by atoms with Crippen LogP contribution in [0, 0.1) is 12.7 Å². The first-order valence-corrected chi connectivity index (χ1v) is 9.38. The van der Waals surface area contributed by atoms with E-state index in [0.29, 0.717) is 11.6 Å². The Morgan fingerprint density at radius 3 is 2.57 bits per heavy atom. The zero-order valence-electron chi connectivity index (χ0n) is 16.2. The number of rotatable bonds is 5. The van der Waals surface area contributed by atoms with Crippen LogP contribution < -0.4 is 20.9 Å². The van der Waals surface area contributed by atoms with E-state index in [1.165, 1.54) is 35.5 Å². The lowest BCUT2D eigenvalue weighted by atomic mass is 10.2. The molecule has 0 radical (unpaired) electrons. The first-order chi connectivity index (χ1) is 13.5. The fourth-order valence-electron chi connectivity index (χ4n) is 3.16. The predicted octanol–water partition coefficient (Wildman–Crippen LogP) is 2.52. The van der Waals surface area contributed by atoms with Crippen LogP contribution in [0.3, 0.4) is 0 Å². The SMILES string of the molecule is CN=C(NCC(=O)Nc1ccc(F)cc1)NC1CCN(c2ccc(C)cc2)C1. The average molecular weight is 383 g/mol. The summed E-state index contributed by atoms with van der Waals surface area (Å²) in [5.41, 5.74) is 3.03. The number of aliphatic imine (C=N–C) groups is 1. The predicted molar refractivity (Wildman–Crippen MR) is 111 cm³/mol. The van der Waals surface area contributed by atoms with Crippen molar-refractivity contribution in [2.45, 2.75) is 19.4 Å². The van der Waals surface area contributed by atoms with Gasteiger partial charge in [-0.05, 0) is 49.7 Å². The highest BCUT2D eigenvalue weighted by Crippen LogP contribution is 2.20. The lowest BCUT2D eigenvalue weighted by Gasteiger charge is -2.20. The van der Waals surface area contributed by atoms with Crippen LogP contribution in [0.15, 0.2) is 53.5 Å². The van der Waals surface area contributed by atoms with Crippen molar-refractivity contribution in [3.8, 4) is 0 Å². The lowest BCUT2D eigenvalue weighted by Crippen LogP contribution is -2.46.